The second-order valence-corrected chi connectivity index (χ2v) is 11.4. The monoisotopic (exact) mass is 463 g/mol. The maximum atomic E-state index is 13.6. The van der Waals surface area contributed by atoms with Gasteiger partial charge in [0.2, 0.25) is 0 Å². The molecule has 0 radical (unpaired) electrons. The average Bonchev–Trinajstić information content (AvgIpc) is 2.70. The van der Waals surface area contributed by atoms with Crippen molar-refractivity contribution in [3.8, 4) is 11.5 Å². The largest absolute Gasteiger partial charge is 0.493 e. The van der Waals surface area contributed by atoms with E-state index < -0.39 is 5.92 Å². The maximum absolute atomic E-state index is 13.6. The van der Waals surface area contributed by atoms with Gasteiger partial charge in [-0.1, -0.05) is 39.8 Å². The van der Waals surface area contributed by atoms with Crippen molar-refractivity contribution in [3.63, 3.8) is 0 Å². The van der Waals surface area contributed by atoms with Crippen LogP contribution in [0.15, 0.2) is 47.3 Å². The summed E-state index contributed by atoms with van der Waals surface area (Å²) in [6.07, 6.45) is 4.94. The lowest BCUT2D eigenvalue weighted by Crippen LogP contribution is -2.42. The number of ketones is 2. The van der Waals surface area contributed by atoms with Gasteiger partial charge in [0.25, 0.3) is 0 Å². The number of nitrogens with one attached hydrogen (secondary N) is 1. The van der Waals surface area contributed by atoms with Crippen LogP contribution in [0.3, 0.4) is 0 Å². The molecule has 0 fully saturated rings. The Hall–Kier alpha value is -2.82. The normalized spacial score (nSPS) is 21.6. The minimum absolute atomic E-state index is 0.118. The molecule has 1 aromatic rings. The van der Waals surface area contributed by atoms with E-state index in [2.05, 4.69) is 45.7 Å². The first-order valence-electron chi connectivity index (χ1n) is 12.2. The van der Waals surface area contributed by atoms with E-state index in [-0.39, 0.29) is 22.4 Å². The number of rotatable bonds is 6. The van der Waals surface area contributed by atoms with Crippen LogP contribution < -0.4 is 14.8 Å². The average molecular weight is 464 g/mol. The molecule has 4 rings (SSSR count). The summed E-state index contributed by atoms with van der Waals surface area (Å²) in [6, 6.07) is 4.02. The Kier molecular flexibility index (Phi) is 6.26. The highest BCUT2D eigenvalue weighted by Crippen LogP contribution is 2.52. The van der Waals surface area contributed by atoms with Crippen LogP contribution in [0.4, 0.5) is 0 Å². The van der Waals surface area contributed by atoms with Crippen LogP contribution in [0.5, 0.6) is 11.5 Å². The number of carbonyl (C=O) groups is 2. The first-order valence-corrected chi connectivity index (χ1v) is 12.2. The topological polar surface area (TPSA) is 64.6 Å². The molecular formula is C29H37NO4. The Balaban J connectivity index is 1.97. The number of ether oxygens (including phenoxy) is 2. The molecule has 0 unspecified atom stereocenters. The molecule has 0 saturated carbocycles. The zero-order chi connectivity index (χ0) is 24.8. The first-order chi connectivity index (χ1) is 16.0. The highest BCUT2D eigenvalue weighted by atomic mass is 16.5. The number of hydrogen-bond donors (Lipinski definition) is 1. The zero-order valence-electron chi connectivity index (χ0n) is 21.4. The molecule has 1 N–H and O–H groups in total. The van der Waals surface area contributed by atoms with Crippen molar-refractivity contribution in [1.29, 1.82) is 0 Å². The standard InChI is InChI=1S/C29H37NO4/c1-8-10-17-11-18(12-23(34-9-2)27(17)33-7)24-25-19(13-28(3,4)15-21(25)31)30-20-14-29(5,6)16-22(32)26(20)24/h8,11-12,24,30H,1,9-10,13-16H2,2-7H3. The van der Waals surface area contributed by atoms with Gasteiger partial charge in [-0.05, 0) is 48.6 Å². The number of methoxy groups -OCH3 is 1. The van der Waals surface area contributed by atoms with Crippen molar-refractivity contribution in [2.45, 2.75) is 72.6 Å². The molecule has 5 heteroatoms. The summed E-state index contributed by atoms with van der Waals surface area (Å²) in [7, 11) is 1.63. The molecule has 5 nitrogen and oxygen atoms in total. The van der Waals surface area contributed by atoms with Crippen molar-refractivity contribution < 1.29 is 19.1 Å². The van der Waals surface area contributed by atoms with Gasteiger partial charge < -0.3 is 14.8 Å². The van der Waals surface area contributed by atoms with E-state index in [1.807, 2.05) is 19.1 Å². The summed E-state index contributed by atoms with van der Waals surface area (Å²) in [6.45, 7) is 14.9. The molecule has 0 spiro atoms. The summed E-state index contributed by atoms with van der Waals surface area (Å²) in [4.78, 5) is 27.2. The third-order valence-electron chi connectivity index (χ3n) is 7.07. The third-order valence-corrected chi connectivity index (χ3v) is 7.07. The van der Waals surface area contributed by atoms with Gasteiger partial charge in [-0.2, -0.15) is 0 Å². The van der Waals surface area contributed by atoms with Crippen LogP contribution in [0, 0.1) is 10.8 Å². The van der Waals surface area contributed by atoms with Gasteiger partial charge in [-0.15, -0.1) is 6.58 Å². The van der Waals surface area contributed by atoms with Crippen molar-refractivity contribution in [3.05, 3.63) is 58.5 Å². The van der Waals surface area contributed by atoms with Crippen LogP contribution >= 0.6 is 0 Å². The van der Waals surface area contributed by atoms with E-state index in [9.17, 15) is 9.59 Å². The fourth-order valence-corrected chi connectivity index (χ4v) is 5.87. The third kappa shape index (κ3) is 4.33. The lowest BCUT2D eigenvalue weighted by atomic mass is 9.64. The fourth-order valence-electron chi connectivity index (χ4n) is 5.87. The van der Waals surface area contributed by atoms with Crippen LogP contribution in [-0.4, -0.2) is 25.3 Å². The molecule has 0 aromatic heterocycles. The molecule has 2 aliphatic carbocycles. The van der Waals surface area contributed by atoms with Gasteiger partial charge >= 0.3 is 0 Å². The number of carbonyl (C=O) groups excluding carboxylic acids is 2. The minimum Gasteiger partial charge on any atom is -0.493 e. The Labute approximate surface area is 203 Å². The predicted octanol–water partition coefficient (Wildman–Crippen LogP) is 5.80. The molecule has 34 heavy (non-hydrogen) atoms. The molecule has 0 amide bonds. The number of dihydropyridines is 1. The number of Topliss-reactive ketones (excluding diaryl/α,β-unsaturated/α-hetero) is 2. The van der Waals surface area contributed by atoms with E-state index in [1.54, 1.807) is 7.11 Å². The second-order valence-electron chi connectivity index (χ2n) is 11.4. The highest BCUT2D eigenvalue weighted by Gasteiger charge is 2.46. The predicted molar refractivity (Wildman–Crippen MR) is 134 cm³/mol. The Morgan fingerprint density at radius 2 is 1.56 bits per heavy atom. The molecule has 1 aromatic carbocycles. The smallest absolute Gasteiger partial charge is 0.164 e. The van der Waals surface area contributed by atoms with Crippen LogP contribution in [0.1, 0.15) is 77.3 Å². The van der Waals surface area contributed by atoms with Crippen molar-refractivity contribution in [1.82, 2.24) is 5.32 Å². The Morgan fingerprint density at radius 3 is 2.03 bits per heavy atom. The Morgan fingerprint density at radius 1 is 1.00 bits per heavy atom. The van der Waals surface area contributed by atoms with Crippen LogP contribution in [0.25, 0.3) is 0 Å². The van der Waals surface area contributed by atoms with E-state index in [0.29, 0.717) is 37.4 Å². The second kappa shape index (κ2) is 8.75. The van der Waals surface area contributed by atoms with Crippen LogP contribution in [0.2, 0.25) is 0 Å². The van der Waals surface area contributed by atoms with Crippen molar-refractivity contribution in [2.75, 3.05) is 13.7 Å². The molecule has 0 saturated heterocycles. The molecule has 1 heterocycles. The van der Waals surface area contributed by atoms with Crippen molar-refractivity contribution in [2.24, 2.45) is 10.8 Å². The number of allylic oxidation sites excluding steroid dienone is 5. The Bertz CT molecular complexity index is 1070. The van der Waals surface area contributed by atoms with E-state index in [1.165, 1.54) is 0 Å². The lowest BCUT2D eigenvalue weighted by molar-refractivity contribution is -0.119. The quantitative estimate of drug-likeness (QED) is 0.541. The first kappa shape index (κ1) is 24.3. The van der Waals surface area contributed by atoms with E-state index in [4.69, 9.17) is 9.47 Å². The van der Waals surface area contributed by atoms with Gasteiger partial charge in [0, 0.05) is 46.9 Å². The summed E-state index contributed by atoms with van der Waals surface area (Å²) in [5.74, 6) is 1.15. The van der Waals surface area contributed by atoms with Gasteiger partial charge in [0.1, 0.15) is 0 Å². The SMILES string of the molecule is C=CCc1cc(C2C3=C(CC(C)(C)CC3=O)NC3=C2C(=O)CC(C)(C)C3)cc(OCC)c1OC. The number of hydrogen-bond acceptors (Lipinski definition) is 5. The van der Waals surface area contributed by atoms with E-state index >= 15 is 0 Å². The summed E-state index contributed by atoms with van der Waals surface area (Å²) >= 11 is 0. The van der Waals surface area contributed by atoms with Gasteiger partial charge in [-0.25, -0.2) is 0 Å². The molecule has 3 aliphatic rings. The maximum Gasteiger partial charge on any atom is 0.164 e. The van der Waals surface area contributed by atoms with E-state index in [0.717, 1.165) is 46.5 Å². The van der Waals surface area contributed by atoms with Crippen LogP contribution in [-0.2, 0) is 16.0 Å². The molecule has 0 atom stereocenters. The molecule has 0 bridgehead atoms. The highest BCUT2D eigenvalue weighted by molar-refractivity contribution is 6.06. The minimum atomic E-state index is -0.396. The zero-order valence-corrected chi connectivity index (χ0v) is 21.4. The van der Waals surface area contributed by atoms with Gasteiger partial charge in [0.05, 0.1) is 13.7 Å². The molecule has 182 valence electrons. The van der Waals surface area contributed by atoms with Gasteiger partial charge in [-0.3, -0.25) is 9.59 Å². The van der Waals surface area contributed by atoms with Crippen molar-refractivity contribution >= 4 is 11.6 Å². The lowest BCUT2D eigenvalue weighted by Gasteiger charge is -2.44. The summed E-state index contributed by atoms with van der Waals surface area (Å²) in [5, 5.41) is 3.58. The summed E-state index contributed by atoms with van der Waals surface area (Å²) < 4.78 is 11.7. The van der Waals surface area contributed by atoms with Gasteiger partial charge in [0.15, 0.2) is 23.1 Å². The molecule has 1 aliphatic heterocycles. The molecular weight excluding hydrogens is 426 g/mol. The number of benzene rings is 1. The summed E-state index contributed by atoms with van der Waals surface area (Å²) in [5.41, 5.74) is 5.02. The fraction of sp³-hybridized carbons (Fsp3) is 0.517.